The smallest absolute Gasteiger partial charge is 0.326 e. The lowest BCUT2D eigenvalue weighted by Gasteiger charge is -2.11. The Labute approximate surface area is 104 Å². The molecule has 0 amide bonds. The summed E-state index contributed by atoms with van der Waals surface area (Å²) in [6.07, 6.45) is 0. The molecule has 7 heteroatoms. The molecule has 0 saturated carbocycles. The maximum atomic E-state index is 11.2. The minimum Gasteiger partial charge on any atom is -0.491 e. The van der Waals surface area contributed by atoms with Crippen molar-refractivity contribution in [1.29, 1.82) is 0 Å². The van der Waals surface area contributed by atoms with Gasteiger partial charge in [0.1, 0.15) is 18.4 Å². The average Bonchev–Trinajstić information content (AvgIpc) is 2.36. The Morgan fingerprint density at radius 2 is 2.28 bits per heavy atom. The molecule has 0 aliphatic rings. The Hall–Kier alpha value is -2.15. The number of hydrogen-bond donors (Lipinski definition) is 1. The van der Waals surface area contributed by atoms with Crippen LogP contribution >= 0.6 is 0 Å². The van der Waals surface area contributed by atoms with Gasteiger partial charge in [-0.25, -0.2) is 0 Å². The van der Waals surface area contributed by atoms with Crippen molar-refractivity contribution in [1.82, 2.24) is 0 Å². The minimum atomic E-state index is -0.913. The van der Waals surface area contributed by atoms with Gasteiger partial charge in [-0.1, -0.05) is 6.07 Å². The van der Waals surface area contributed by atoms with Crippen LogP contribution in [0.2, 0.25) is 0 Å². The third kappa shape index (κ3) is 4.02. The number of hydrogen-bond acceptors (Lipinski definition) is 6. The predicted octanol–water partition coefficient (Wildman–Crippen LogP) is 0.864. The summed E-state index contributed by atoms with van der Waals surface area (Å²) in [5.74, 6) is -0.285. The molecule has 1 atom stereocenters. The van der Waals surface area contributed by atoms with Gasteiger partial charge in [0.05, 0.1) is 17.6 Å². The van der Waals surface area contributed by atoms with E-state index < -0.39 is 16.9 Å². The second kappa shape index (κ2) is 6.55. The molecule has 0 saturated heterocycles. The van der Waals surface area contributed by atoms with Gasteiger partial charge in [0.2, 0.25) is 0 Å². The van der Waals surface area contributed by atoms with Crippen molar-refractivity contribution in [3.63, 3.8) is 0 Å². The lowest BCUT2D eigenvalue weighted by molar-refractivity contribution is -0.384. The Morgan fingerprint density at radius 1 is 1.56 bits per heavy atom. The summed E-state index contributed by atoms with van der Waals surface area (Å²) in [5, 5.41) is 10.5. The first-order valence-electron chi connectivity index (χ1n) is 5.34. The summed E-state index contributed by atoms with van der Waals surface area (Å²) in [4.78, 5) is 21.2. The van der Waals surface area contributed by atoms with Crippen molar-refractivity contribution < 1.29 is 19.2 Å². The van der Waals surface area contributed by atoms with Crippen molar-refractivity contribution in [2.24, 2.45) is 5.73 Å². The fourth-order valence-electron chi connectivity index (χ4n) is 1.19. The number of nitro benzene ring substituents is 1. The van der Waals surface area contributed by atoms with Gasteiger partial charge in [-0.3, -0.25) is 14.9 Å². The zero-order valence-electron chi connectivity index (χ0n) is 9.87. The normalized spacial score (nSPS) is 11.7. The summed E-state index contributed by atoms with van der Waals surface area (Å²) < 4.78 is 9.90. The van der Waals surface area contributed by atoms with Gasteiger partial charge < -0.3 is 15.2 Å². The van der Waals surface area contributed by atoms with Crippen molar-refractivity contribution in [2.75, 3.05) is 13.2 Å². The van der Waals surface area contributed by atoms with E-state index in [1.165, 1.54) is 18.2 Å². The van der Waals surface area contributed by atoms with Gasteiger partial charge in [-0.05, 0) is 13.0 Å². The van der Waals surface area contributed by atoms with Crippen LogP contribution in [0.3, 0.4) is 0 Å². The number of nitrogens with zero attached hydrogens (tertiary/aromatic N) is 1. The molecule has 0 aliphatic carbocycles. The molecule has 1 aromatic rings. The molecule has 0 spiro atoms. The standard InChI is InChI=1S/C11H14N2O5/c1-2-17-11(14)10(12)7-18-9-5-3-4-8(6-9)13(15)16/h3-6,10H,2,7,12H2,1H3. The van der Waals surface area contributed by atoms with E-state index in [2.05, 4.69) is 0 Å². The van der Waals surface area contributed by atoms with Crippen molar-refractivity contribution in [3.8, 4) is 5.75 Å². The fraction of sp³-hybridized carbons (Fsp3) is 0.364. The highest BCUT2D eigenvalue weighted by molar-refractivity contribution is 5.75. The van der Waals surface area contributed by atoms with E-state index in [-0.39, 0.29) is 24.7 Å². The first-order chi connectivity index (χ1) is 8.54. The number of esters is 1. The first kappa shape index (κ1) is 13.9. The van der Waals surface area contributed by atoms with Crippen LogP contribution in [0.1, 0.15) is 6.92 Å². The molecule has 0 heterocycles. The van der Waals surface area contributed by atoms with E-state index >= 15 is 0 Å². The zero-order chi connectivity index (χ0) is 13.5. The number of carbonyl (C=O) groups excluding carboxylic acids is 1. The molecule has 98 valence electrons. The highest BCUT2D eigenvalue weighted by Crippen LogP contribution is 2.19. The molecular formula is C11H14N2O5. The van der Waals surface area contributed by atoms with Crippen molar-refractivity contribution in [2.45, 2.75) is 13.0 Å². The predicted molar refractivity (Wildman–Crippen MR) is 63.2 cm³/mol. The van der Waals surface area contributed by atoms with Crippen molar-refractivity contribution >= 4 is 11.7 Å². The monoisotopic (exact) mass is 254 g/mol. The number of ether oxygens (including phenoxy) is 2. The Morgan fingerprint density at radius 3 is 2.89 bits per heavy atom. The van der Waals surface area contributed by atoms with Crippen LogP contribution in [0.15, 0.2) is 24.3 Å². The van der Waals surface area contributed by atoms with E-state index in [9.17, 15) is 14.9 Å². The van der Waals surface area contributed by atoms with Gasteiger partial charge in [0.15, 0.2) is 0 Å². The molecule has 0 fully saturated rings. The SMILES string of the molecule is CCOC(=O)C(N)COc1cccc([N+](=O)[O-])c1. The van der Waals surface area contributed by atoms with Gasteiger partial charge in [-0.15, -0.1) is 0 Å². The Balaban J connectivity index is 2.55. The third-order valence-electron chi connectivity index (χ3n) is 2.05. The zero-order valence-corrected chi connectivity index (χ0v) is 9.87. The van der Waals surface area contributed by atoms with Gasteiger partial charge >= 0.3 is 5.97 Å². The minimum absolute atomic E-state index is 0.0859. The quantitative estimate of drug-likeness (QED) is 0.458. The molecule has 1 rings (SSSR count). The van der Waals surface area contributed by atoms with E-state index in [0.29, 0.717) is 0 Å². The number of carbonyl (C=O) groups is 1. The van der Waals surface area contributed by atoms with Crippen LogP contribution in [-0.4, -0.2) is 30.1 Å². The Bertz CT molecular complexity index is 435. The molecule has 1 aromatic carbocycles. The summed E-state index contributed by atoms with van der Waals surface area (Å²) >= 11 is 0. The summed E-state index contributed by atoms with van der Waals surface area (Å²) in [6, 6.07) is 4.73. The van der Waals surface area contributed by atoms with Crippen LogP contribution in [0.4, 0.5) is 5.69 Å². The van der Waals surface area contributed by atoms with Gasteiger partial charge in [0.25, 0.3) is 5.69 Å². The fourth-order valence-corrected chi connectivity index (χ4v) is 1.19. The van der Waals surface area contributed by atoms with E-state index in [1.807, 2.05) is 0 Å². The average molecular weight is 254 g/mol. The number of benzene rings is 1. The third-order valence-corrected chi connectivity index (χ3v) is 2.05. The van der Waals surface area contributed by atoms with E-state index in [0.717, 1.165) is 0 Å². The molecule has 0 aromatic heterocycles. The number of rotatable bonds is 6. The molecule has 0 radical (unpaired) electrons. The summed E-state index contributed by atoms with van der Waals surface area (Å²) in [6.45, 7) is 1.81. The van der Waals surface area contributed by atoms with E-state index in [4.69, 9.17) is 15.2 Å². The topological polar surface area (TPSA) is 105 Å². The molecule has 18 heavy (non-hydrogen) atoms. The second-order valence-corrected chi connectivity index (χ2v) is 3.42. The van der Waals surface area contributed by atoms with Crippen LogP contribution < -0.4 is 10.5 Å². The van der Waals surface area contributed by atoms with Crippen LogP contribution in [-0.2, 0) is 9.53 Å². The molecule has 2 N–H and O–H groups in total. The van der Waals surface area contributed by atoms with E-state index in [1.54, 1.807) is 13.0 Å². The second-order valence-electron chi connectivity index (χ2n) is 3.42. The van der Waals surface area contributed by atoms with Crippen LogP contribution in [0.5, 0.6) is 5.75 Å². The summed E-state index contributed by atoms with van der Waals surface area (Å²) in [7, 11) is 0. The molecular weight excluding hydrogens is 240 g/mol. The number of nitrogens with two attached hydrogens (primary N) is 1. The highest BCUT2D eigenvalue weighted by atomic mass is 16.6. The largest absolute Gasteiger partial charge is 0.491 e. The molecule has 1 unspecified atom stereocenters. The van der Waals surface area contributed by atoms with Gasteiger partial charge in [-0.2, -0.15) is 0 Å². The first-order valence-corrected chi connectivity index (χ1v) is 5.34. The summed E-state index contributed by atoms with van der Waals surface area (Å²) in [5.41, 5.74) is 5.43. The molecule has 0 bridgehead atoms. The van der Waals surface area contributed by atoms with Crippen LogP contribution in [0.25, 0.3) is 0 Å². The van der Waals surface area contributed by atoms with Gasteiger partial charge in [0, 0.05) is 6.07 Å². The molecule has 7 nitrogen and oxygen atoms in total. The van der Waals surface area contributed by atoms with Crippen LogP contribution in [0, 0.1) is 10.1 Å². The lowest BCUT2D eigenvalue weighted by Crippen LogP contribution is -2.37. The highest BCUT2D eigenvalue weighted by Gasteiger charge is 2.15. The Kier molecular flexibility index (Phi) is 5.06. The number of non-ortho nitro benzene ring substituents is 1. The maximum Gasteiger partial charge on any atom is 0.326 e. The lowest BCUT2D eigenvalue weighted by atomic mass is 10.3. The maximum absolute atomic E-state index is 11.2. The molecule has 0 aliphatic heterocycles. The van der Waals surface area contributed by atoms with Crippen molar-refractivity contribution in [3.05, 3.63) is 34.4 Å². The number of nitro groups is 1.